The summed E-state index contributed by atoms with van der Waals surface area (Å²) in [4.78, 5) is 12.0. The Morgan fingerprint density at radius 3 is 2.39 bits per heavy atom. The molecule has 3 nitrogen and oxygen atoms in total. The number of ether oxygens (including phenoxy) is 1. The van der Waals surface area contributed by atoms with E-state index in [-0.39, 0.29) is 11.9 Å². The number of benzene rings is 2. The lowest BCUT2D eigenvalue weighted by Crippen LogP contribution is -2.24. The monoisotopic (exact) mass is 309 g/mol. The zero-order valence-electron chi connectivity index (χ0n) is 13.9. The zero-order valence-corrected chi connectivity index (χ0v) is 13.9. The van der Waals surface area contributed by atoms with Crippen molar-refractivity contribution in [1.29, 1.82) is 0 Å². The molecule has 0 bridgehead atoms. The largest absolute Gasteiger partial charge is 0.494 e. The van der Waals surface area contributed by atoms with Gasteiger partial charge in [0.2, 0.25) is 5.91 Å². The topological polar surface area (TPSA) is 38.3 Å². The smallest absolute Gasteiger partial charge is 0.244 e. The molecule has 23 heavy (non-hydrogen) atoms. The van der Waals surface area contributed by atoms with Crippen LogP contribution in [0.4, 0.5) is 0 Å². The number of nitrogens with one attached hydrogen (secondary N) is 1. The van der Waals surface area contributed by atoms with Crippen molar-refractivity contribution in [3.63, 3.8) is 0 Å². The van der Waals surface area contributed by atoms with Gasteiger partial charge in [0, 0.05) is 6.08 Å². The second kappa shape index (κ2) is 8.18. The molecule has 0 aliphatic carbocycles. The van der Waals surface area contributed by atoms with Crippen molar-refractivity contribution in [2.24, 2.45) is 0 Å². The molecule has 0 aromatic heterocycles. The van der Waals surface area contributed by atoms with Crippen molar-refractivity contribution in [2.75, 3.05) is 6.61 Å². The van der Waals surface area contributed by atoms with Gasteiger partial charge in [0.15, 0.2) is 0 Å². The maximum Gasteiger partial charge on any atom is 0.244 e. The Labute approximate surface area is 138 Å². The lowest BCUT2D eigenvalue weighted by molar-refractivity contribution is -0.117. The fraction of sp³-hybridized carbons (Fsp3) is 0.250. The molecule has 0 heterocycles. The summed E-state index contributed by atoms with van der Waals surface area (Å²) in [5.41, 5.74) is 3.26. The lowest BCUT2D eigenvalue weighted by atomic mass is 10.1. The predicted molar refractivity (Wildman–Crippen MR) is 94.4 cm³/mol. The van der Waals surface area contributed by atoms with E-state index in [2.05, 4.69) is 5.32 Å². The summed E-state index contributed by atoms with van der Waals surface area (Å²) >= 11 is 0. The van der Waals surface area contributed by atoms with Crippen LogP contribution in [-0.4, -0.2) is 12.5 Å². The van der Waals surface area contributed by atoms with Crippen molar-refractivity contribution in [1.82, 2.24) is 5.32 Å². The summed E-state index contributed by atoms with van der Waals surface area (Å²) in [5.74, 6) is 0.737. The summed E-state index contributed by atoms with van der Waals surface area (Å²) in [5, 5.41) is 2.96. The van der Waals surface area contributed by atoms with Gasteiger partial charge >= 0.3 is 0 Å². The van der Waals surface area contributed by atoms with E-state index >= 15 is 0 Å². The normalized spacial score (nSPS) is 12.1. The van der Waals surface area contributed by atoms with E-state index < -0.39 is 0 Å². The zero-order chi connectivity index (χ0) is 16.7. The number of aryl methyl sites for hydroxylation is 1. The molecule has 3 heteroatoms. The quantitative estimate of drug-likeness (QED) is 0.809. The highest BCUT2D eigenvalue weighted by atomic mass is 16.5. The number of carbonyl (C=O) groups is 1. The lowest BCUT2D eigenvalue weighted by Gasteiger charge is -2.13. The first-order valence-corrected chi connectivity index (χ1v) is 7.86. The van der Waals surface area contributed by atoms with Crippen LogP contribution in [0.15, 0.2) is 54.6 Å². The van der Waals surface area contributed by atoms with E-state index in [0.29, 0.717) is 6.61 Å². The van der Waals surface area contributed by atoms with Crippen LogP contribution in [0, 0.1) is 6.92 Å². The summed E-state index contributed by atoms with van der Waals surface area (Å²) in [6.07, 6.45) is 3.38. The highest BCUT2D eigenvalue weighted by Gasteiger charge is 2.07. The molecule has 0 unspecified atom stereocenters. The van der Waals surface area contributed by atoms with Crippen molar-refractivity contribution in [3.8, 4) is 5.75 Å². The Balaban J connectivity index is 1.92. The highest BCUT2D eigenvalue weighted by molar-refractivity contribution is 5.91. The predicted octanol–water partition coefficient (Wildman–Crippen LogP) is 4.28. The van der Waals surface area contributed by atoms with E-state index in [1.807, 2.05) is 75.4 Å². The third kappa shape index (κ3) is 5.29. The van der Waals surface area contributed by atoms with Crippen LogP contribution in [0.2, 0.25) is 0 Å². The Morgan fingerprint density at radius 2 is 1.78 bits per heavy atom. The van der Waals surface area contributed by atoms with Crippen molar-refractivity contribution in [3.05, 3.63) is 71.3 Å². The fourth-order valence-corrected chi connectivity index (χ4v) is 2.21. The summed E-state index contributed by atoms with van der Waals surface area (Å²) < 4.78 is 5.42. The van der Waals surface area contributed by atoms with Gasteiger partial charge in [-0.25, -0.2) is 0 Å². The van der Waals surface area contributed by atoms with Crippen LogP contribution < -0.4 is 10.1 Å². The fourth-order valence-electron chi connectivity index (χ4n) is 2.21. The first kappa shape index (κ1) is 16.8. The molecule has 2 aromatic rings. The van der Waals surface area contributed by atoms with Gasteiger partial charge in [-0.2, -0.15) is 0 Å². The number of carbonyl (C=O) groups excluding carboxylic acids is 1. The van der Waals surface area contributed by atoms with E-state index in [0.717, 1.165) is 16.9 Å². The van der Waals surface area contributed by atoms with Gasteiger partial charge in [0.1, 0.15) is 5.75 Å². The highest BCUT2D eigenvalue weighted by Crippen LogP contribution is 2.17. The third-order valence-corrected chi connectivity index (χ3v) is 3.55. The molecule has 1 atom stereocenters. The molecule has 0 aliphatic heterocycles. The second-order valence-electron chi connectivity index (χ2n) is 5.48. The van der Waals surface area contributed by atoms with Crippen LogP contribution >= 0.6 is 0 Å². The van der Waals surface area contributed by atoms with Gasteiger partial charge in [0.05, 0.1) is 12.6 Å². The minimum Gasteiger partial charge on any atom is -0.494 e. The molecule has 1 amide bonds. The molecule has 0 saturated heterocycles. The average molecular weight is 309 g/mol. The molecule has 0 spiro atoms. The number of hydrogen-bond acceptors (Lipinski definition) is 2. The van der Waals surface area contributed by atoms with Crippen molar-refractivity contribution < 1.29 is 9.53 Å². The van der Waals surface area contributed by atoms with Gasteiger partial charge in [-0.1, -0.05) is 42.0 Å². The van der Waals surface area contributed by atoms with Crippen LogP contribution in [0.1, 0.15) is 36.6 Å². The third-order valence-electron chi connectivity index (χ3n) is 3.55. The first-order chi connectivity index (χ1) is 11.1. The van der Waals surface area contributed by atoms with E-state index in [1.165, 1.54) is 5.56 Å². The number of hydrogen-bond donors (Lipinski definition) is 1. The van der Waals surface area contributed by atoms with Crippen LogP contribution in [0.5, 0.6) is 5.75 Å². The van der Waals surface area contributed by atoms with Gasteiger partial charge in [0.25, 0.3) is 0 Å². The molecule has 2 rings (SSSR count). The van der Waals surface area contributed by atoms with E-state index in [4.69, 9.17) is 4.74 Å². The molecule has 0 aliphatic rings. The Morgan fingerprint density at radius 1 is 1.13 bits per heavy atom. The van der Waals surface area contributed by atoms with Crippen LogP contribution in [0.25, 0.3) is 6.08 Å². The molecule has 0 radical (unpaired) electrons. The molecular weight excluding hydrogens is 286 g/mol. The van der Waals surface area contributed by atoms with Crippen molar-refractivity contribution in [2.45, 2.75) is 26.8 Å². The Kier molecular flexibility index (Phi) is 5.98. The Hall–Kier alpha value is -2.55. The average Bonchev–Trinajstić information content (AvgIpc) is 2.55. The van der Waals surface area contributed by atoms with Gasteiger partial charge in [-0.05, 0) is 50.1 Å². The maximum atomic E-state index is 12.0. The molecule has 0 saturated carbocycles. The van der Waals surface area contributed by atoms with Gasteiger partial charge in [-0.3, -0.25) is 4.79 Å². The van der Waals surface area contributed by atoms with Crippen molar-refractivity contribution >= 4 is 12.0 Å². The van der Waals surface area contributed by atoms with Crippen LogP contribution in [0.3, 0.4) is 0 Å². The van der Waals surface area contributed by atoms with Gasteiger partial charge < -0.3 is 10.1 Å². The molecule has 0 fully saturated rings. The Bertz CT molecular complexity index is 657. The summed E-state index contributed by atoms with van der Waals surface area (Å²) in [6, 6.07) is 15.8. The SMILES string of the molecule is CCOc1ccc([C@@H](C)NC(=O)/C=C/c2ccc(C)cc2)cc1. The molecule has 120 valence electrons. The van der Waals surface area contributed by atoms with Crippen LogP contribution in [-0.2, 0) is 4.79 Å². The minimum absolute atomic E-state index is 0.0548. The first-order valence-electron chi connectivity index (χ1n) is 7.86. The molecular formula is C20H23NO2. The second-order valence-corrected chi connectivity index (χ2v) is 5.48. The minimum atomic E-state index is -0.105. The standard InChI is InChI=1S/C20H23NO2/c1-4-23-19-12-10-18(11-13-19)16(3)21-20(22)14-9-17-7-5-15(2)6-8-17/h5-14,16H,4H2,1-3H3,(H,21,22)/b14-9+/t16-/m1/s1. The van der Waals surface area contributed by atoms with E-state index in [1.54, 1.807) is 6.08 Å². The maximum absolute atomic E-state index is 12.0. The number of amides is 1. The summed E-state index contributed by atoms with van der Waals surface area (Å²) in [6.45, 7) is 6.61. The van der Waals surface area contributed by atoms with E-state index in [9.17, 15) is 4.79 Å². The molecule has 1 N–H and O–H groups in total. The molecule has 2 aromatic carbocycles. The summed E-state index contributed by atoms with van der Waals surface area (Å²) in [7, 11) is 0. The number of rotatable bonds is 6. The van der Waals surface area contributed by atoms with Gasteiger partial charge in [-0.15, -0.1) is 0 Å².